The Kier molecular flexibility index (Phi) is 4.70. The maximum Gasteiger partial charge on any atom is 0.109 e. The van der Waals surface area contributed by atoms with Crippen LogP contribution in [0.5, 0.6) is 0 Å². The molecule has 0 amide bonds. The Bertz CT molecular complexity index is 1090. The molecule has 5 heteroatoms. The largest absolute Gasteiger partial charge is 0.389 e. The number of fused-ring (bicyclic) bond motifs is 2. The molecule has 0 aliphatic carbocycles. The van der Waals surface area contributed by atoms with Crippen molar-refractivity contribution in [3.63, 3.8) is 0 Å². The van der Waals surface area contributed by atoms with Gasteiger partial charge in [-0.3, -0.25) is 0 Å². The smallest absolute Gasteiger partial charge is 0.109 e. The molecule has 2 aromatic heterocycles. The molecular formula is C22H26N4O. The van der Waals surface area contributed by atoms with Crippen molar-refractivity contribution in [3.8, 4) is 0 Å². The molecule has 0 fully saturated rings. The van der Waals surface area contributed by atoms with Crippen LogP contribution >= 0.6 is 0 Å². The zero-order chi connectivity index (χ0) is 19.0. The van der Waals surface area contributed by atoms with E-state index in [1.54, 1.807) is 0 Å². The fraction of sp³-hybridized carbons (Fsp3) is 0.364. The van der Waals surface area contributed by atoms with Crippen molar-refractivity contribution < 1.29 is 5.11 Å². The lowest BCUT2D eigenvalue weighted by molar-refractivity contribution is 0.136. The molecule has 140 valence electrons. The number of aliphatic hydroxyl groups excluding tert-OH is 1. The van der Waals surface area contributed by atoms with Crippen LogP contribution in [0.3, 0.4) is 0 Å². The Morgan fingerprint density at radius 1 is 1.00 bits per heavy atom. The van der Waals surface area contributed by atoms with E-state index >= 15 is 0 Å². The van der Waals surface area contributed by atoms with Crippen molar-refractivity contribution in [1.29, 1.82) is 0 Å². The van der Waals surface area contributed by atoms with E-state index in [4.69, 9.17) is 4.98 Å². The van der Waals surface area contributed by atoms with Gasteiger partial charge in [0.25, 0.3) is 0 Å². The van der Waals surface area contributed by atoms with E-state index in [-0.39, 0.29) is 0 Å². The number of para-hydroxylation sites is 2. The van der Waals surface area contributed by atoms with Gasteiger partial charge in [0, 0.05) is 6.42 Å². The van der Waals surface area contributed by atoms with Gasteiger partial charge in [-0.25, -0.2) is 9.97 Å². The second-order valence-electron chi connectivity index (χ2n) is 7.35. The van der Waals surface area contributed by atoms with E-state index in [0.717, 1.165) is 40.7 Å². The summed E-state index contributed by atoms with van der Waals surface area (Å²) in [6.45, 7) is 7.40. The van der Waals surface area contributed by atoms with Crippen LogP contribution in [0, 0.1) is 13.8 Å². The van der Waals surface area contributed by atoms with Gasteiger partial charge in [0.15, 0.2) is 0 Å². The first kappa shape index (κ1) is 17.7. The van der Waals surface area contributed by atoms with Gasteiger partial charge in [0.2, 0.25) is 0 Å². The van der Waals surface area contributed by atoms with E-state index < -0.39 is 6.10 Å². The van der Waals surface area contributed by atoms with Gasteiger partial charge in [-0.2, -0.15) is 0 Å². The zero-order valence-corrected chi connectivity index (χ0v) is 16.2. The summed E-state index contributed by atoms with van der Waals surface area (Å²) in [5.74, 6) is 1.04. The lowest BCUT2D eigenvalue weighted by atomic mass is 10.1. The topological polar surface area (TPSA) is 55.9 Å². The van der Waals surface area contributed by atoms with Gasteiger partial charge in [0.05, 0.1) is 47.6 Å². The van der Waals surface area contributed by atoms with Crippen molar-refractivity contribution in [2.75, 3.05) is 0 Å². The summed E-state index contributed by atoms with van der Waals surface area (Å²) in [4.78, 5) is 9.26. The Morgan fingerprint density at radius 2 is 1.78 bits per heavy atom. The minimum atomic E-state index is -0.516. The molecule has 0 radical (unpaired) electrons. The Morgan fingerprint density at radius 3 is 2.59 bits per heavy atom. The van der Waals surface area contributed by atoms with Gasteiger partial charge in [-0.1, -0.05) is 19.1 Å². The van der Waals surface area contributed by atoms with Crippen LogP contribution < -0.4 is 0 Å². The van der Waals surface area contributed by atoms with Crippen molar-refractivity contribution in [2.24, 2.45) is 0 Å². The number of rotatable bonds is 6. The maximum absolute atomic E-state index is 10.8. The highest BCUT2D eigenvalue weighted by molar-refractivity contribution is 5.77. The number of nitrogens with zero attached hydrogens (tertiary/aromatic N) is 4. The summed E-state index contributed by atoms with van der Waals surface area (Å²) in [6.07, 6.45) is 3.25. The fourth-order valence-electron chi connectivity index (χ4n) is 3.70. The molecule has 4 rings (SSSR count). The van der Waals surface area contributed by atoms with Gasteiger partial charge >= 0.3 is 0 Å². The Hall–Kier alpha value is -2.66. The highest BCUT2D eigenvalue weighted by Crippen LogP contribution is 2.21. The molecule has 1 unspecified atom stereocenters. The number of benzene rings is 2. The Balaban J connectivity index is 1.62. The monoisotopic (exact) mass is 362 g/mol. The average Bonchev–Trinajstić information content (AvgIpc) is 3.18. The summed E-state index contributed by atoms with van der Waals surface area (Å²) in [6, 6.07) is 12.4. The molecule has 0 aliphatic rings. The predicted octanol–water partition coefficient (Wildman–Crippen LogP) is 4.02. The van der Waals surface area contributed by atoms with Crippen LogP contribution in [0.15, 0.2) is 42.7 Å². The van der Waals surface area contributed by atoms with Gasteiger partial charge in [0.1, 0.15) is 5.82 Å². The summed E-state index contributed by atoms with van der Waals surface area (Å²) >= 11 is 0. The summed E-state index contributed by atoms with van der Waals surface area (Å²) in [7, 11) is 0. The molecule has 0 saturated heterocycles. The fourth-order valence-corrected chi connectivity index (χ4v) is 3.70. The van der Waals surface area contributed by atoms with Crippen molar-refractivity contribution in [1.82, 2.24) is 19.1 Å². The third-order valence-corrected chi connectivity index (χ3v) is 5.24. The van der Waals surface area contributed by atoms with Crippen LogP contribution in [0.25, 0.3) is 22.1 Å². The van der Waals surface area contributed by atoms with Crippen LogP contribution in [0.4, 0.5) is 0 Å². The molecule has 0 spiro atoms. The maximum atomic E-state index is 10.8. The standard InChI is InChI=1S/C22H26N4O/c1-4-7-22-24-18-8-5-6-9-20(18)26(22)13-17(27)12-25-14-23-19-10-15(2)16(3)11-21(19)25/h5-6,8-11,14,17,27H,4,7,12-13H2,1-3H3. The molecule has 4 aromatic rings. The summed E-state index contributed by atoms with van der Waals surface area (Å²) < 4.78 is 4.21. The quantitative estimate of drug-likeness (QED) is 0.564. The van der Waals surface area contributed by atoms with Crippen molar-refractivity contribution in [2.45, 2.75) is 52.8 Å². The van der Waals surface area contributed by atoms with Crippen LogP contribution in [-0.4, -0.2) is 30.3 Å². The number of imidazole rings is 2. The van der Waals surface area contributed by atoms with E-state index in [0.29, 0.717) is 13.1 Å². The first-order valence-corrected chi connectivity index (χ1v) is 9.61. The minimum absolute atomic E-state index is 0.511. The predicted molar refractivity (Wildman–Crippen MR) is 109 cm³/mol. The van der Waals surface area contributed by atoms with Gasteiger partial charge < -0.3 is 14.2 Å². The lowest BCUT2D eigenvalue weighted by Gasteiger charge is -2.16. The third kappa shape index (κ3) is 3.35. The molecule has 0 saturated carbocycles. The average molecular weight is 362 g/mol. The molecule has 5 nitrogen and oxygen atoms in total. The minimum Gasteiger partial charge on any atom is -0.389 e. The molecule has 1 N–H and O–H groups in total. The molecule has 2 aromatic carbocycles. The van der Waals surface area contributed by atoms with Crippen LogP contribution in [0.2, 0.25) is 0 Å². The highest BCUT2D eigenvalue weighted by atomic mass is 16.3. The number of aryl methyl sites for hydroxylation is 3. The summed E-state index contributed by atoms with van der Waals surface area (Å²) in [5.41, 5.74) is 6.60. The first-order valence-electron chi connectivity index (χ1n) is 9.61. The molecule has 0 bridgehead atoms. The molecule has 2 heterocycles. The second-order valence-corrected chi connectivity index (χ2v) is 7.35. The van der Waals surface area contributed by atoms with E-state index in [1.165, 1.54) is 11.1 Å². The highest BCUT2D eigenvalue weighted by Gasteiger charge is 2.15. The molecule has 1 atom stereocenters. The van der Waals surface area contributed by atoms with Crippen molar-refractivity contribution in [3.05, 3.63) is 59.7 Å². The Labute approximate surface area is 159 Å². The molecule has 27 heavy (non-hydrogen) atoms. The van der Waals surface area contributed by atoms with Crippen LogP contribution in [-0.2, 0) is 19.5 Å². The van der Waals surface area contributed by atoms with E-state index in [2.05, 4.69) is 48.5 Å². The number of aliphatic hydroxyl groups is 1. The van der Waals surface area contributed by atoms with Gasteiger partial charge in [-0.05, 0) is 55.7 Å². The SMILES string of the molecule is CCCc1nc2ccccc2n1CC(O)Cn1cnc2cc(C)c(C)cc21. The van der Waals surface area contributed by atoms with E-state index in [1.807, 2.05) is 29.1 Å². The number of aromatic nitrogens is 4. The van der Waals surface area contributed by atoms with Gasteiger partial charge in [-0.15, -0.1) is 0 Å². The lowest BCUT2D eigenvalue weighted by Crippen LogP contribution is -2.23. The second kappa shape index (κ2) is 7.16. The number of hydrogen-bond acceptors (Lipinski definition) is 3. The molecule has 0 aliphatic heterocycles. The van der Waals surface area contributed by atoms with Crippen molar-refractivity contribution >= 4 is 22.1 Å². The first-order chi connectivity index (χ1) is 13.1. The number of hydrogen-bond donors (Lipinski definition) is 1. The third-order valence-electron chi connectivity index (χ3n) is 5.24. The summed E-state index contributed by atoms with van der Waals surface area (Å²) in [5, 5.41) is 10.8. The normalized spacial score (nSPS) is 12.9. The van der Waals surface area contributed by atoms with E-state index in [9.17, 15) is 5.11 Å². The van der Waals surface area contributed by atoms with Crippen LogP contribution in [0.1, 0.15) is 30.3 Å². The molecular weight excluding hydrogens is 336 g/mol. The zero-order valence-electron chi connectivity index (χ0n) is 16.2.